The summed E-state index contributed by atoms with van der Waals surface area (Å²) in [6, 6.07) is 0. The first-order valence-corrected chi connectivity index (χ1v) is 7.52. The predicted octanol–water partition coefficient (Wildman–Crippen LogP) is -1.27. The van der Waals surface area contributed by atoms with Crippen LogP contribution in [0.15, 0.2) is 10.7 Å². The molecule has 1 aliphatic heterocycles. The van der Waals surface area contributed by atoms with E-state index < -0.39 is 10.0 Å². The van der Waals surface area contributed by atoms with E-state index in [1.807, 2.05) is 5.01 Å². The smallest absolute Gasteiger partial charge is 0.257 e. The number of carbonyl (C=O) groups excluding carboxylic acids is 1. The molecular formula is C9H15N5O4S. The van der Waals surface area contributed by atoms with Crippen molar-refractivity contribution in [2.75, 3.05) is 37.4 Å². The van der Waals surface area contributed by atoms with Crippen molar-refractivity contribution in [2.45, 2.75) is 6.92 Å². The molecule has 10 heteroatoms. The molecule has 2 rings (SSSR count). The number of aromatic nitrogens is 2. The summed E-state index contributed by atoms with van der Waals surface area (Å²) in [7, 11) is -3.15. The summed E-state index contributed by atoms with van der Waals surface area (Å²) in [5.41, 5.74) is 0. The van der Waals surface area contributed by atoms with Crippen molar-refractivity contribution < 1.29 is 22.5 Å². The molecule has 0 spiro atoms. The third kappa shape index (κ3) is 3.41. The Morgan fingerprint density at radius 3 is 2.58 bits per heavy atom. The van der Waals surface area contributed by atoms with Crippen molar-refractivity contribution >= 4 is 21.8 Å². The molecule has 0 unspecified atom stereocenters. The zero-order chi connectivity index (χ0) is 14.0. The molecule has 1 fully saturated rings. The lowest BCUT2D eigenvalue weighted by Gasteiger charge is -2.28. The SMILES string of the molecule is CC(=O)[N-]c1c[n+](N2CCN(S(C)(=O)=O)CC2)no1. The van der Waals surface area contributed by atoms with Crippen molar-refractivity contribution in [3.05, 3.63) is 11.5 Å². The molecule has 1 saturated heterocycles. The van der Waals surface area contributed by atoms with Crippen LogP contribution in [-0.4, -0.2) is 56.3 Å². The van der Waals surface area contributed by atoms with Gasteiger partial charge in [0.05, 0.1) is 30.0 Å². The summed E-state index contributed by atoms with van der Waals surface area (Å²) in [5.74, 6) is -0.247. The Labute approximate surface area is 110 Å². The molecule has 1 amide bonds. The Morgan fingerprint density at radius 2 is 2.05 bits per heavy atom. The second-order valence-corrected chi connectivity index (χ2v) is 6.19. The van der Waals surface area contributed by atoms with Gasteiger partial charge in [0.15, 0.2) is 0 Å². The minimum absolute atomic E-state index is 0.123. The lowest BCUT2D eigenvalue weighted by molar-refractivity contribution is -0.759. The van der Waals surface area contributed by atoms with E-state index in [2.05, 4.69) is 10.6 Å². The van der Waals surface area contributed by atoms with E-state index in [0.717, 1.165) is 0 Å². The Morgan fingerprint density at radius 1 is 1.42 bits per heavy atom. The molecule has 0 radical (unpaired) electrons. The third-order valence-electron chi connectivity index (χ3n) is 2.69. The van der Waals surface area contributed by atoms with Crippen LogP contribution in [0.1, 0.15) is 6.92 Å². The minimum Gasteiger partial charge on any atom is -0.589 e. The average Bonchev–Trinajstić information content (AvgIpc) is 2.75. The Kier molecular flexibility index (Phi) is 3.71. The highest BCUT2D eigenvalue weighted by Gasteiger charge is 2.28. The van der Waals surface area contributed by atoms with Crippen molar-refractivity contribution in [2.24, 2.45) is 0 Å². The number of hydrogen-bond acceptors (Lipinski definition) is 6. The maximum absolute atomic E-state index is 11.4. The molecule has 0 aliphatic carbocycles. The molecule has 19 heavy (non-hydrogen) atoms. The maximum Gasteiger partial charge on any atom is 0.257 e. The predicted molar refractivity (Wildman–Crippen MR) is 64.8 cm³/mol. The number of amides is 1. The summed E-state index contributed by atoms with van der Waals surface area (Å²) in [4.78, 5) is 12.2. The minimum atomic E-state index is -3.15. The summed E-state index contributed by atoms with van der Waals surface area (Å²) < 4.78 is 29.0. The van der Waals surface area contributed by atoms with Gasteiger partial charge in [0, 0.05) is 13.1 Å². The van der Waals surface area contributed by atoms with E-state index in [0.29, 0.717) is 26.2 Å². The van der Waals surface area contributed by atoms with Crippen LogP contribution < -0.4 is 9.80 Å². The first-order chi connectivity index (χ1) is 8.86. The molecule has 106 valence electrons. The second kappa shape index (κ2) is 5.13. The van der Waals surface area contributed by atoms with Crippen LogP contribution in [0.2, 0.25) is 0 Å². The zero-order valence-electron chi connectivity index (χ0n) is 10.7. The molecule has 1 aliphatic rings. The van der Waals surface area contributed by atoms with Gasteiger partial charge in [-0.3, -0.25) is 0 Å². The monoisotopic (exact) mass is 289 g/mol. The van der Waals surface area contributed by atoms with Gasteiger partial charge in [-0.15, -0.1) is 0 Å². The molecule has 1 aromatic rings. The van der Waals surface area contributed by atoms with Gasteiger partial charge < -0.3 is 14.6 Å². The lowest BCUT2D eigenvalue weighted by Crippen LogP contribution is -2.65. The third-order valence-corrected chi connectivity index (χ3v) is 3.99. The quantitative estimate of drug-likeness (QED) is 0.643. The second-order valence-electron chi connectivity index (χ2n) is 4.21. The molecule has 0 aromatic carbocycles. The van der Waals surface area contributed by atoms with Crippen molar-refractivity contribution in [1.82, 2.24) is 9.58 Å². The van der Waals surface area contributed by atoms with Crippen LogP contribution in [0.5, 0.6) is 0 Å². The van der Waals surface area contributed by atoms with Gasteiger partial charge in [-0.25, -0.2) is 8.42 Å². The molecule has 1 aromatic heterocycles. The van der Waals surface area contributed by atoms with E-state index in [-0.39, 0.29) is 11.8 Å². The fraction of sp³-hybridized carbons (Fsp3) is 0.667. The number of piperazine rings is 1. The number of rotatable bonds is 3. The first-order valence-electron chi connectivity index (χ1n) is 5.67. The van der Waals surface area contributed by atoms with Crippen LogP contribution in [0.25, 0.3) is 5.32 Å². The molecule has 0 N–H and O–H groups in total. The highest BCUT2D eigenvalue weighted by atomic mass is 32.2. The van der Waals surface area contributed by atoms with Crippen LogP contribution in [0.3, 0.4) is 0 Å². The topological polar surface area (TPSA) is 102 Å². The standard InChI is InChI=1S/C9H15N5O4S/c1-8(15)10-9-7-14(11-18-9)12-3-5-13(6-4-12)19(2,16)17/h7H,3-6H2,1-2H3. The summed E-state index contributed by atoms with van der Waals surface area (Å²) in [6.07, 6.45) is 2.67. The van der Waals surface area contributed by atoms with Crippen LogP contribution in [-0.2, 0) is 14.8 Å². The largest absolute Gasteiger partial charge is 0.589 e. The van der Waals surface area contributed by atoms with Gasteiger partial charge in [-0.1, -0.05) is 0 Å². The Hall–Kier alpha value is -1.68. The number of hydrogen-bond donors (Lipinski definition) is 0. The average molecular weight is 289 g/mol. The van der Waals surface area contributed by atoms with Crippen LogP contribution in [0.4, 0.5) is 5.88 Å². The molecular weight excluding hydrogens is 274 g/mol. The van der Waals surface area contributed by atoms with E-state index in [9.17, 15) is 13.2 Å². The van der Waals surface area contributed by atoms with Crippen LogP contribution >= 0.6 is 0 Å². The fourth-order valence-electron chi connectivity index (χ4n) is 1.78. The van der Waals surface area contributed by atoms with Gasteiger partial charge in [-0.05, 0) is 6.92 Å². The Bertz CT molecular complexity index is 561. The molecule has 0 atom stereocenters. The van der Waals surface area contributed by atoms with Gasteiger partial charge in [0.2, 0.25) is 15.3 Å². The lowest BCUT2D eigenvalue weighted by atomic mass is 10.4. The maximum atomic E-state index is 11.4. The Balaban J connectivity index is 1.98. The number of nitrogens with zero attached hydrogens (tertiary/aromatic N) is 5. The van der Waals surface area contributed by atoms with Gasteiger partial charge in [0.1, 0.15) is 5.88 Å². The van der Waals surface area contributed by atoms with Crippen molar-refractivity contribution in [3.63, 3.8) is 0 Å². The van der Waals surface area contributed by atoms with Gasteiger partial charge >= 0.3 is 0 Å². The normalized spacial score (nSPS) is 17.5. The van der Waals surface area contributed by atoms with Gasteiger partial charge in [-0.2, -0.15) is 9.31 Å². The fourth-order valence-corrected chi connectivity index (χ4v) is 2.61. The van der Waals surface area contributed by atoms with Crippen molar-refractivity contribution in [3.8, 4) is 0 Å². The number of carbonyl (C=O) groups is 1. The summed E-state index contributed by atoms with van der Waals surface area (Å²) in [6.45, 7) is 3.07. The van der Waals surface area contributed by atoms with E-state index in [1.54, 1.807) is 0 Å². The highest BCUT2D eigenvalue weighted by molar-refractivity contribution is 7.88. The molecule has 2 heterocycles. The molecule has 0 saturated carbocycles. The van der Waals surface area contributed by atoms with Crippen molar-refractivity contribution in [1.29, 1.82) is 0 Å². The summed E-state index contributed by atoms with van der Waals surface area (Å²) >= 11 is 0. The summed E-state index contributed by atoms with van der Waals surface area (Å²) in [5, 5.41) is 9.15. The molecule has 9 nitrogen and oxygen atoms in total. The van der Waals surface area contributed by atoms with Crippen LogP contribution in [0, 0.1) is 0 Å². The number of sulfonamides is 1. The van der Waals surface area contributed by atoms with Gasteiger partial charge in [0.25, 0.3) is 6.20 Å². The molecule has 0 bridgehead atoms. The highest BCUT2D eigenvalue weighted by Crippen LogP contribution is 2.13. The van der Waals surface area contributed by atoms with E-state index in [4.69, 9.17) is 4.52 Å². The zero-order valence-corrected chi connectivity index (χ0v) is 11.5. The first kappa shape index (κ1) is 13.7. The van der Waals surface area contributed by atoms with E-state index in [1.165, 1.54) is 28.5 Å². The van der Waals surface area contributed by atoms with E-state index >= 15 is 0 Å².